The number of carboxylic acid groups (broad SMARTS) is 1. The third-order valence-electron chi connectivity index (χ3n) is 2.98. The van der Waals surface area contributed by atoms with Crippen molar-refractivity contribution in [1.29, 1.82) is 0 Å². The van der Waals surface area contributed by atoms with Crippen LogP contribution in [-0.4, -0.2) is 23.1 Å². The molecular formula is C15H16N2O4. The second-order valence-electron chi connectivity index (χ2n) is 4.63. The molecule has 1 aliphatic carbocycles. The van der Waals surface area contributed by atoms with E-state index in [4.69, 9.17) is 10.5 Å². The Hall–Kier alpha value is -2.60. The Morgan fingerprint density at radius 3 is 2.57 bits per heavy atom. The van der Waals surface area contributed by atoms with Crippen LogP contribution in [0.4, 0.5) is 0 Å². The van der Waals surface area contributed by atoms with Crippen LogP contribution in [0.1, 0.15) is 12.5 Å². The van der Waals surface area contributed by atoms with Crippen LogP contribution >= 0.6 is 0 Å². The van der Waals surface area contributed by atoms with Gasteiger partial charge in [0.15, 0.2) is 0 Å². The third kappa shape index (κ3) is 3.49. The van der Waals surface area contributed by atoms with Gasteiger partial charge < -0.3 is 20.9 Å². The van der Waals surface area contributed by atoms with Crippen molar-refractivity contribution in [2.75, 3.05) is 0 Å². The van der Waals surface area contributed by atoms with Crippen LogP contribution < -0.4 is 11.1 Å². The molecule has 0 bridgehead atoms. The Labute approximate surface area is 121 Å². The zero-order chi connectivity index (χ0) is 15.4. The maximum absolute atomic E-state index is 11.3. The summed E-state index contributed by atoms with van der Waals surface area (Å²) in [6, 6.07) is 9.33. The van der Waals surface area contributed by atoms with Gasteiger partial charge in [-0.25, -0.2) is 4.79 Å². The summed E-state index contributed by atoms with van der Waals surface area (Å²) >= 11 is 0. The Morgan fingerprint density at radius 1 is 1.33 bits per heavy atom. The van der Waals surface area contributed by atoms with Crippen LogP contribution in [0.2, 0.25) is 0 Å². The lowest BCUT2D eigenvalue weighted by atomic mass is 10.1. The lowest BCUT2D eigenvalue weighted by molar-refractivity contribution is -0.134. The summed E-state index contributed by atoms with van der Waals surface area (Å²) in [4.78, 5) is 22.5. The van der Waals surface area contributed by atoms with Crippen molar-refractivity contribution in [2.45, 2.75) is 19.6 Å². The first-order chi connectivity index (χ1) is 9.99. The topological polar surface area (TPSA) is 102 Å². The van der Waals surface area contributed by atoms with E-state index in [1.807, 2.05) is 30.3 Å². The molecule has 0 fully saturated rings. The molecule has 0 aromatic heterocycles. The number of ether oxygens (including phenoxy) is 1. The first-order valence-electron chi connectivity index (χ1n) is 6.36. The van der Waals surface area contributed by atoms with Crippen LogP contribution in [-0.2, 0) is 20.9 Å². The fourth-order valence-corrected chi connectivity index (χ4v) is 2.06. The van der Waals surface area contributed by atoms with E-state index in [1.165, 1.54) is 13.0 Å². The second-order valence-corrected chi connectivity index (χ2v) is 4.63. The van der Waals surface area contributed by atoms with Gasteiger partial charge >= 0.3 is 5.97 Å². The molecule has 0 aliphatic heterocycles. The first kappa shape index (κ1) is 14.8. The van der Waals surface area contributed by atoms with Crippen LogP contribution in [0.5, 0.6) is 0 Å². The summed E-state index contributed by atoms with van der Waals surface area (Å²) in [6.45, 7) is 1.54. The number of nitrogens with two attached hydrogens (primary N) is 1. The molecule has 1 amide bonds. The molecule has 110 valence electrons. The van der Waals surface area contributed by atoms with E-state index in [1.54, 1.807) is 0 Å². The monoisotopic (exact) mass is 288 g/mol. The molecule has 1 aromatic carbocycles. The second kappa shape index (κ2) is 6.23. The van der Waals surface area contributed by atoms with Gasteiger partial charge in [0.25, 0.3) is 0 Å². The quantitative estimate of drug-likeness (QED) is 0.747. The Kier molecular flexibility index (Phi) is 4.39. The number of carbonyl (C=O) groups is 2. The van der Waals surface area contributed by atoms with E-state index >= 15 is 0 Å². The number of hydrogen-bond donors (Lipinski definition) is 3. The van der Waals surface area contributed by atoms with Gasteiger partial charge in [-0.3, -0.25) is 4.79 Å². The van der Waals surface area contributed by atoms with Crippen LogP contribution in [0, 0.1) is 0 Å². The van der Waals surface area contributed by atoms with Crippen LogP contribution in [0.15, 0.2) is 53.4 Å². The molecule has 0 heterocycles. The van der Waals surface area contributed by atoms with Crippen molar-refractivity contribution in [3.05, 3.63) is 58.9 Å². The van der Waals surface area contributed by atoms with Crippen LogP contribution in [0.25, 0.3) is 0 Å². The molecule has 6 nitrogen and oxygen atoms in total. The van der Waals surface area contributed by atoms with Gasteiger partial charge in [0.05, 0.1) is 23.6 Å². The Balaban J connectivity index is 2.17. The normalized spacial score (nSPS) is 17.6. The average molecular weight is 288 g/mol. The number of nitrogens with one attached hydrogen (secondary N) is 1. The number of amides is 1. The third-order valence-corrected chi connectivity index (χ3v) is 2.98. The number of allylic oxidation sites excluding steroid dienone is 1. The standard InChI is InChI=1S/C15H16N2O4/c1-9(18)17-13-12(16)7-11(15(19)20)14(13)21-8-10-5-3-2-4-6-10/h2-7,14H,8,16H2,1H3,(H,17,18)(H,19,20). The van der Waals surface area contributed by atoms with Gasteiger partial charge in [-0.1, -0.05) is 30.3 Å². The molecule has 4 N–H and O–H groups in total. The smallest absolute Gasteiger partial charge is 0.334 e. The van der Waals surface area contributed by atoms with Gasteiger partial charge in [0.2, 0.25) is 5.91 Å². The van der Waals surface area contributed by atoms with Crippen molar-refractivity contribution in [1.82, 2.24) is 5.32 Å². The molecule has 0 spiro atoms. The lowest BCUT2D eigenvalue weighted by Crippen LogP contribution is -2.32. The lowest BCUT2D eigenvalue weighted by Gasteiger charge is -2.18. The van der Waals surface area contributed by atoms with E-state index in [2.05, 4.69) is 5.32 Å². The molecule has 21 heavy (non-hydrogen) atoms. The predicted octanol–water partition coefficient (Wildman–Crippen LogP) is 0.903. The van der Waals surface area contributed by atoms with Crippen molar-refractivity contribution < 1.29 is 19.4 Å². The highest BCUT2D eigenvalue weighted by molar-refractivity contribution is 5.91. The summed E-state index contributed by atoms with van der Waals surface area (Å²) in [5.41, 5.74) is 7.13. The van der Waals surface area contributed by atoms with E-state index in [-0.39, 0.29) is 29.5 Å². The molecule has 0 saturated heterocycles. The Morgan fingerprint density at radius 2 is 2.00 bits per heavy atom. The van der Waals surface area contributed by atoms with Crippen molar-refractivity contribution >= 4 is 11.9 Å². The number of benzene rings is 1. The summed E-state index contributed by atoms with van der Waals surface area (Å²) in [5, 5.41) is 11.7. The predicted molar refractivity (Wildman–Crippen MR) is 75.8 cm³/mol. The van der Waals surface area contributed by atoms with E-state index in [0.717, 1.165) is 5.56 Å². The molecule has 2 rings (SSSR count). The average Bonchev–Trinajstić information content (AvgIpc) is 2.74. The zero-order valence-electron chi connectivity index (χ0n) is 11.5. The summed E-state index contributed by atoms with van der Waals surface area (Å²) in [7, 11) is 0. The number of aliphatic carboxylic acids is 1. The fraction of sp³-hybridized carbons (Fsp3) is 0.200. The van der Waals surface area contributed by atoms with Crippen molar-refractivity contribution in [2.24, 2.45) is 5.73 Å². The zero-order valence-corrected chi connectivity index (χ0v) is 11.5. The minimum atomic E-state index is -1.13. The van der Waals surface area contributed by atoms with E-state index in [0.29, 0.717) is 0 Å². The highest BCUT2D eigenvalue weighted by atomic mass is 16.5. The number of rotatable bonds is 5. The molecular weight excluding hydrogens is 272 g/mol. The SMILES string of the molecule is CC(=O)NC1=C(N)C=C(C(=O)O)C1OCc1ccccc1. The number of hydrogen-bond acceptors (Lipinski definition) is 4. The van der Waals surface area contributed by atoms with Crippen molar-refractivity contribution in [3.8, 4) is 0 Å². The minimum Gasteiger partial charge on any atom is -0.478 e. The first-order valence-corrected chi connectivity index (χ1v) is 6.36. The van der Waals surface area contributed by atoms with E-state index < -0.39 is 12.1 Å². The highest BCUT2D eigenvalue weighted by Crippen LogP contribution is 2.25. The van der Waals surface area contributed by atoms with Gasteiger partial charge in [-0.15, -0.1) is 0 Å². The Bertz CT molecular complexity index is 620. The number of carboxylic acids is 1. The molecule has 1 atom stereocenters. The van der Waals surface area contributed by atoms with Gasteiger partial charge in [-0.05, 0) is 11.6 Å². The summed E-state index contributed by atoms with van der Waals surface area (Å²) in [5.74, 6) is -1.46. The summed E-state index contributed by atoms with van der Waals surface area (Å²) < 4.78 is 5.65. The molecule has 1 aromatic rings. The van der Waals surface area contributed by atoms with E-state index in [9.17, 15) is 14.7 Å². The largest absolute Gasteiger partial charge is 0.478 e. The number of carbonyl (C=O) groups excluding carboxylic acids is 1. The van der Waals surface area contributed by atoms with Crippen molar-refractivity contribution in [3.63, 3.8) is 0 Å². The molecule has 0 radical (unpaired) electrons. The molecule has 0 saturated carbocycles. The molecule has 6 heteroatoms. The van der Waals surface area contributed by atoms with Gasteiger partial charge in [0, 0.05) is 6.92 Å². The maximum atomic E-state index is 11.3. The van der Waals surface area contributed by atoms with Gasteiger partial charge in [0.1, 0.15) is 6.10 Å². The fourth-order valence-electron chi connectivity index (χ4n) is 2.06. The maximum Gasteiger partial charge on any atom is 0.334 e. The summed E-state index contributed by atoms with van der Waals surface area (Å²) in [6.07, 6.45) is 0.426. The van der Waals surface area contributed by atoms with Gasteiger partial charge in [-0.2, -0.15) is 0 Å². The minimum absolute atomic E-state index is 0.00665. The molecule has 1 aliphatic rings. The molecule has 1 unspecified atom stereocenters. The highest BCUT2D eigenvalue weighted by Gasteiger charge is 2.32. The van der Waals surface area contributed by atoms with Crippen LogP contribution in [0.3, 0.4) is 0 Å².